The number of nitrogens with one attached hydrogen (secondary N) is 1. The maximum absolute atomic E-state index is 12.6. The molecule has 1 fully saturated rings. The summed E-state index contributed by atoms with van der Waals surface area (Å²) in [5, 5.41) is 3.06. The van der Waals surface area contributed by atoms with Gasteiger partial charge in [0.2, 0.25) is 5.91 Å². The molecule has 6 heteroatoms. The van der Waals surface area contributed by atoms with Crippen LogP contribution in [-0.2, 0) is 11.2 Å². The van der Waals surface area contributed by atoms with Crippen LogP contribution < -0.4 is 19.5 Å². The first-order valence-electron chi connectivity index (χ1n) is 10.8. The Morgan fingerprint density at radius 3 is 2.83 bits per heavy atom. The first-order chi connectivity index (χ1) is 14.7. The van der Waals surface area contributed by atoms with E-state index < -0.39 is 0 Å². The van der Waals surface area contributed by atoms with Crippen molar-refractivity contribution in [2.24, 2.45) is 0 Å². The number of likely N-dealkylation sites (tertiary alicyclic amines) is 1. The number of nitrogens with zero attached hydrogens (tertiary/aromatic N) is 1. The quantitative estimate of drug-likeness (QED) is 0.759. The van der Waals surface area contributed by atoms with E-state index in [0.29, 0.717) is 26.3 Å². The van der Waals surface area contributed by atoms with Gasteiger partial charge < -0.3 is 19.5 Å². The molecule has 2 heterocycles. The molecule has 0 aliphatic carbocycles. The van der Waals surface area contributed by atoms with Crippen LogP contribution >= 0.6 is 0 Å². The van der Waals surface area contributed by atoms with Crippen LogP contribution in [0.4, 0.5) is 0 Å². The van der Waals surface area contributed by atoms with Crippen molar-refractivity contribution in [2.75, 3.05) is 40.0 Å². The van der Waals surface area contributed by atoms with Crippen LogP contribution in [0.5, 0.6) is 17.2 Å². The van der Waals surface area contributed by atoms with Crippen LogP contribution in [0.3, 0.4) is 0 Å². The van der Waals surface area contributed by atoms with Crippen LogP contribution in [0.15, 0.2) is 42.5 Å². The summed E-state index contributed by atoms with van der Waals surface area (Å²) in [6, 6.07) is 14.4. The van der Waals surface area contributed by atoms with Crippen LogP contribution in [-0.4, -0.2) is 50.8 Å². The van der Waals surface area contributed by atoms with E-state index in [2.05, 4.69) is 22.3 Å². The summed E-state index contributed by atoms with van der Waals surface area (Å²) >= 11 is 0. The first-order valence-corrected chi connectivity index (χ1v) is 10.8. The van der Waals surface area contributed by atoms with Gasteiger partial charge in [-0.05, 0) is 55.1 Å². The Bertz CT molecular complexity index is 870. The van der Waals surface area contributed by atoms with Crippen LogP contribution in [0.1, 0.15) is 36.4 Å². The van der Waals surface area contributed by atoms with Gasteiger partial charge >= 0.3 is 0 Å². The van der Waals surface area contributed by atoms with Gasteiger partial charge in [-0.3, -0.25) is 9.69 Å². The lowest BCUT2D eigenvalue weighted by molar-refractivity contribution is -0.122. The number of ether oxygens (including phenoxy) is 3. The molecule has 2 aliphatic rings. The lowest BCUT2D eigenvalue weighted by Gasteiger charge is -2.25. The van der Waals surface area contributed by atoms with Crippen molar-refractivity contribution < 1.29 is 19.0 Å². The van der Waals surface area contributed by atoms with Crippen molar-refractivity contribution in [3.8, 4) is 17.2 Å². The molecule has 0 aromatic heterocycles. The fraction of sp³-hybridized carbons (Fsp3) is 0.458. The molecule has 1 unspecified atom stereocenters. The Labute approximate surface area is 178 Å². The smallest absolute Gasteiger partial charge is 0.234 e. The number of carbonyl (C=O) groups excluding carboxylic acids is 1. The second kappa shape index (κ2) is 9.85. The average molecular weight is 411 g/mol. The third-order valence-electron chi connectivity index (χ3n) is 5.78. The zero-order valence-corrected chi connectivity index (χ0v) is 17.6. The van der Waals surface area contributed by atoms with E-state index in [0.717, 1.165) is 55.0 Å². The average Bonchev–Trinajstić information content (AvgIpc) is 3.09. The van der Waals surface area contributed by atoms with E-state index >= 15 is 0 Å². The molecule has 0 bridgehead atoms. The molecule has 30 heavy (non-hydrogen) atoms. The maximum Gasteiger partial charge on any atom is 0.234 e. The summed E-state index contributed by atoms with van der Waals surface area (Å²) < 4.78 is 17.0. The molecule has 0 spiro atoms. The van der Waals surface area contributed by atoms with Gasteiger partial charge in [-0.1, -0.05) is 24.3 Å². The molecule has 1 amide bonds. The monoisotopic (exact) mass is 410 g/mol. The molecular weight excluding hydrogens is 380 g/mol. The topological polar surface area (TPSA) is 60.0 Å². The van der Waals surface area contributed by atoms with Gasteiger partial charge in [-0.2, -0.15) is 0 Å². The Hall–Kier alpha value is -2.73. The highest BCUT2D eigenvalue weighted by Crippen LogP contribution is 2.37. The predicted molar refractivity (Wildman–Crippen MR) is 115 cm³/mol. The van der Waals surface area contributed by atoms with Crippen LogP contribution in [0.25, 0.3) is 0 Å². The number of hydrogen-bond donors (Lipinski definition) is 1. The molecule has 4 rings (SSSR count). The molecule has 2 aliphatic heterocycles. The van der Waals surface area contributed by atoms with E-state index in [9.17, 15) is 4.79 Å². The molecule has 0 radical (unpaired) electrons. The molecule has 2 aromatic rings. The minimum absolute atomic E-state index is 0.0612. The van der Waals surface area contributed by atoms with E-state index in [-0.39, 0.29) is 11.9 Å². The number of carbonyl (C=O) groups is 1. The van der Waals surface area contributed by atoms with Crippen LogP contribution in [0.2, 0.25) is 0 Å². The van der Waals surface area contributed by atoms with E-state index in [4.69, 9.17) is 14.2 Å². The summed E-state index contributed by atoms with van der Waals surface area (Å²) in [5.41, 5.74) is 2.30. The van der Waals surface area contributed by atoms with E-state index in [1.165, 1.54) is 5.56 Å². The van der Waals surface area contributed by atoms with Gasteiger partial charge in [-0.25, -0.2) is 0 Å². The van der Waals surface area contributed by atoms with Gasteiger partial charge in [0.25, 0.3) is 0 Å². The molecule has 160 valence electrons. The molecule has 1 atom stereocenters. The molecule has 6 nitrogen and oxygen atoms in total. The first kappa shape index (κ1) is 20.5. The number of fused-ring (bicyclic) bond motifs is 1. The normalized spacial score (nSPS) is 18.6. The summed E-state index contributed by atoms with van der Waals surface area (Å²) in [6.45, 7) is 3.31. The fourth-order valence-corrected chi connectivity index (χ4v) is 4.27. The Morgan fingerprint density at radius 1 is 1.13 bits per heavy atom. The van der Waals surface area contributed by atoms with Crippen molar-refractivity contribution in [1.29, 1.82) is 0 Å². The molecule has 0 saturated carbocycles. The number of para-hydroxylation sites is 1. The second-order valence-electron chi connectivity index (χ2n) is 7.80. The van der Waals surface area contributed by atoms with Gasteiger partial charge in [0.05, 0.1) is 26.9 Å². The zero-order valence-electron chi connectivity index (χ0n) is 17.6. The van der Waals surface area contributed by atoms with Crippen molar-refractivity contribution >= 4 is 5.91 Å². The minimum Gasteiger partial charge on any atom is -0.496 e. The third-order valence-corrected chi connectivity index (χ3v) is 5.78. The molecule has 2 aromatic carbocycles. The molecule has 1 saturated heterocycles. The third kappa shape index (κ3) is 4.87. The number of hydrogen-bond acceptors (Lipinski definition) is 5. The highest BCUT2D eigenvalue weighted by atomic mass is 16.5. The van der Waals surface area contributed by atoms with Gasteiger partial charge in [0.1, 0.15) is 5.75 Å². The Balaban J connectivity index is 1.32. The van der Waals surface area contributed by atoms with Crippen molar-refractivity contribution in [2.45, 2.75) is 31.7 Å². The lowest BCUT2D eigenvalue weighted by atomic mass is 10.0. The number of methoxy groups -OCH3 is 1. The molecule has 1 N–H and O–H groups in total. The van der Waals surface area contributed by atoms with Crippen molar-refractivity contribution in [3.05, 3.63) is 53.6 Å². The highest BCUT2D eigenvalue weighted by molar-refractivity contribution is 5.78. The van der Waals surface area contributed by atoms with E-state index in [1.54, 1.807) is 7.11 Å². The fourth-order valence-electron chi connectivity index (χ4n) is 4.27. The highest BCUT2D eigenvalue weighted by Gasteiger charge is 2.28. The van der Waals surface area contributed by atoms with Gasteiger partial charge in [0, 0.05) is 19.0 Å². The number of benzene rings is 2. The van der Waals surface area contributed by atoms with E-state index in [1.807, 2.05) is 30.3 Å². The second-order valence-corrected chi connectivity index (χ2v) is 7.80. The number of amides is 1. The minimum atomic E-state index is 0.0612. The summed E-state index contributed by atoms with van der Waals surface area (Å²) in [4.78, 5) is 14.8. The van der Waals surface area contributed by atoms with Crippen LogP contribution in [0, 0.1) is 0 Å². The Kier molecular flexibility index (Phi) is 6.74. The predicted octanol–water partition coefficient (Wildman–Crippen LogP) is 3.35. The summed E-state index contributed by atoms with van der Waals surface area (Å²) in [7, 11) is 1.67. The summed E-state index contributed by atoms with van der Waals surface area (Å²) in [6.07, 6.45) is 3.79. The lowest BCUT2D eigenvalue weighted by Crippen LogP contribution is -2.37. The van der Waals surface area contributed by atoms with Gasteiger partial charge in [0.15, 0.2) is 11.5 Å². The Morgan fingerprint density at radius 2 is 1.97 bits per heavy atom. The van der Waals surface area contributed by atoms with Crippen molar-refractivity contribution in [1.82, 2.24) is 10.2 Å². The largest absolute Gasteiger partial charge is 0.496 e. The SMILES string of the molecule is COc1ccccc1CCNC(=O)CN1CCCC1c1ccc2c(c1)OCCCO2. The van der Waals surface area contributed by atoms with Crippen molar-refractivity contribution in [3.63, 3.8) is 0 Å². The zero-order chi connectivity index (χ0) is 20.8. The summed E-state index contributed by atoms with van der Waals surface area (Å²) in [5.74, 6) is 2.56. The maximum atomic E-state index is 12.6. The number of rotatable bonds is 7. The standard InChI is InChI=1S/C24H30N2O4/c1-28-21-8-3-2-6-18(21)11-12-25-24(27)17-26-13-4-7-20(26)19-9-10-22-23(16-19)30-15-5-14-29-22/h2-3,6,8-10,16,20H,4-5,7,11-15,17H2,1H3,(H,25,27). The van der Waals surface area contributed by atoms with Gasteiger partial charge in [-0.15, -0.1) is 0 Å². The molecular formula is C24H30N2O4.